The maximum Gasteiger partial charge on any atom is 0.337 e. The number of aryl methyl sites for hydroxylation is 1. The van der Waals surface area contributed by atoms with Gasteiger partial charge in [0.2, 0.25) is 0 Å². The molecule has 0 bridgehead atoms. The number of halogens is 2. The van der Waals surface area contributed by atoms with Crippen molar-refractivity contribution in [1.82, 2.24) is 4.57 Å². The minimum atomic E-state index is -0.414. The highest BCUT2D eigenvalue weighted by Crippen LogP contribution is 2.24. The van der Waals surface area contributed by atoms with E-state index in [1.807, 2.05) is 18.2 Å². The van der Waals surface area contributed by atoms with E-state index in [1.165, 1.54) is 17.7 Å². The van der Waals surface area contributed by atoms with Gasteiger partial charge in [0.1, 0.15) is 17.4 Å². The molecule has 2 aromatic carbocycles. The number of carbonyl (C=O) groups excluding carboxylic acids is 1. The summed E-state index contributed by atoms with van der Waals surface area (Å²) < 4.78 is 12.2. The van der Waals surface area contributed by atoms with Crippen LogP contribution in [-0.2, 0) is 30.7 Å². The van der Waals surface area contributed by atoms with Crippen LogP contribution >= 0.6 is 23.2 Å². The molecule has 9 heteroatoms. The van der Waals surface area contributed by atoms with E-state index in [2.05, 4.69) is 5.18 Å². The van der Waals surface area contributed by atoms with Crippen LogP contribution in [0.2, 0.25) is 10.0 Å². The highest BCUT2D eigenvalue weighted by atomic mass is 35.5. The van der Waals surface area contributed by atoms with Crippen molar-refractivity contribution in [3.63, 3.8) is 0 Å². The molecular weight excluding hydrogens is 467 g/mol. The first kappa shape index (κ1) is 24.5. The van der Waals surface area contributed by atoms with Crippen molar-refractivity contribution >= 4 is 29.2 Å². The van der Waals surface area contributed by atoms with Crippen molar-refractivity contribution in [3.8, 4) is 5.75 Å². The van der Waals surface area contributed by atoms with Crippen LogP contribution in [0.25, 0.3) is 0 Å². The van der Waals surface area contributed by atoms with E-state index in [0.717, 1.165) is 11.1 Å². The zero-order valence-corrected chi connectivity index (χ0v) is 19.4. The van der Waals surface area contributed by atoms with Gasteiger partial charge in [-0.15, -0.1) is 0 Å². The molecule has 0 aliphatic carbocycles. The Labute approximate surface area is 200 Å². The van der Waals surface area contributed by atoms with E-state index in [4.69, 9.17) is 32.7 Å². The molecule has 0 saturated carbocycles. The third-order valence-corrected chi connectivity index (χ3v) is 5.71. The number of rotatable bonds is 10. The molecule has 0 saturated heterocycles. The third kappa shape index (κ3) is 6.21. The summed E-state index contributed by atoms with van der Waals surface area (Å²) in [5.74, 6) is 0.174. The average Bonchev–Trinajstić information content (AvgIpc) is 2.83. The molecule has 1 aromatic heterocycles. The minimum Gasteiger partial charge on any atom is -0.487 e. The quantitative estimate of drug-likeness (QED) is 0.293. The number of esters is 1. The Morgan fingerprint density at radius 3 is 2.45 bits per heavy atom. The highest BCUT2D eigenvalue weighted by molar-refractivity contribution is 6.34. The number of benzene rings is 2. The Morgan fingerprint density at radius 1 is 1.03 bits per heavy atom. The Kier molecular flexibility index (Phi) is 8.63. The van der Waals surface area contributed by atoms with Gasteiger partial charge in [-0.25, -0.2) is 4.79 Å². The van der Waals surface area contributed by atoms with E-state index >= 15 is 0 Å². The maximum absolute atomic E-state index is 12.8. The maximum atomic E-state index is 12.8. The zero-order valence-electron chi connectivity index (χ0n) is 17.9. The molecule has 0 spiro atoms. The number of nitroso groups, excluding NO2 is 1. The van der Waals surface area contributed by atoms with Gasteiger partial charge in [0.15, 0.2) is 0 Å². The second-order valence-corrected chi connectivity index (χ2v) is 8.00. The fourth-order valence-corrected chi connectivity index (χ4v) is 3.88. The van der Waals surface area contributed by atoms with Crippen LogP contribution in [0, 0.1) is 4.91 Å². The monoisotopic (exact) mass is 488 g/mol. The van der Waals surface area contributed by atoms with E-state index in [1.54, 1.807) is 30.3 Å². The molecule has 0 radical (unpaired) electrons. The van der Waals surface area contributed by atoms with Crippen molar-refractivity contribution in [1.29, 1.82) is 0 Å². The molecule has 0 fully saturated rings. The summed E-state index contributed by atoms with van der Waals surface area (Å²) in [6.07, 6.45) is 0.953. The number of methoxy groups -OCH3 is 1. The summed E-state index contributed by atoms with van der Waals surface area (Å²) in [6.45, 7) is 0.492. The molecular formula is C24H22Cl2N2O5. The number of para-hydroxylation sites is 1. The molecule has 0 aliphatic rings. The second kappa shape index (κ2) is 11.6. The summed E-state index contributed by atoms with van der Waals surface area (Å²) in [5, 5.41) is 3.23. The number of ether oxygens (including phenoxy) is 2. The summed E-state index contributed by atoms with van der Waals surface area (Å²) in [5.41, 5.74) is 2.32. The van der Waals surface area contributed by atoms with Gasteiger partial charge in [0.05, 0.1) is 29.9 Å². The SMILES string of the molecule is COC(=O)c1ccc(CCn2c(COc3ccccc3CCN=O)c(Cl)cc(Cl)c2=O)cc1. The molecule has 172 valence electrons. The highest BCUT2D eigenvalue weighted by Gasteiger charge is 2.15. The van der Waals surface area contributed by atoms with Crippen LogP contribution in [0.3, 0.4) is 0 Å². The number of pyridine rings is 1. The largest absolute Gasteiger partial charge is 0.487 e. The fraction of sp³-hybridized carbons (Fsp3) is 0.250. The van der Waals surface area contributed by atoms with Crippen molar-refractivity contribution < 1.29 is 14.3 Å². The van der Waals surface area contributed by atoms with Crippen LogP contribution in [0.4, 0.5) is 0 Å². The summed E-state index contributed by atoms with van der Waals surface area (Å²) in [6, 6.07) is 15.7. The number of aromatic nitrogens is 1. The second-order valence-electron chi connectivity index (χ2n) is 7.18. The van der Waals surface area contributed by atoms with Gasteiger partial charge in [-0.05, 0) is 48.2 Å². The van der Waals surface area contributed by atoms with Crippen LogP contribution in [0.1, 0.15) is 27.2 Å². The first-order chi connectivity index (χ1) is 15.9. The number of nitrogens with zero attached hydrogens (tertiary/aromatic N) is 2. The van der Waals surface area contributed by atoms with Gasteiger partial charge in [-0.3, -0.25) is 4.79 Å². The number of hydrogen-bond acceptors (Lipinski definition) is 6. The lowest BCUT2D eigenvalue weighted by molar-refractivity contribution is 0.0600. The molecule has 0 atom stereocenters. The smallest absolute Gasteiger partial charge is 0.337 e. The summed E-state index contributed by atoms with van der Waals surface area (Å²) >= 11 is 12.5. The van der Waals surface area contributed by atoms with Gasteiger partial charge in [-0.1, -0.05) is 58.7 Å². The van der Waals surface area contributed by atoms with E-state index < -0.39 is 5.97 Å². The fourth-order valence-electron chi connectivity index (χ4n) is 3.35. The first-order valence-corrected chi connectivity index (χ1v) is 10.9. The Morgan fingerprint density at radius 2 is 1.76 bits per heavy atom. The molecule has 0 unspecified atom stereocenters. The molecule has 0 aliphatic heterocycles. The van der Waals surface area contributed by atoms with E-state index in [-0.39, 0.29) is 23.7 Å². The standard InChI is InChI=1S/C24H22Cl2N2O5/c1-32-24(30)18-8-6-16(7-9-18)11-13-28-21(19(25)14-20(26)23(28)29)15-33-22-5-3-2-4-17(22)10-12-27-31/h2-9,14H,10-13,15H2,1H3. The van der Waals surface area contributed by atoms with E-state index in [0.29, 0.717) is 41.4 Å². The molecule has 7 nitrogen and oxygen atoms in total. The number of hydrogen-bond donors (Lipinski definition) is 0. The third-order valence-electron chi connectivity index (χ3n) is 5.11. The lowest BCUT2D eigenvalue weighted by Crippen LogP contribution is -2.26. The van der Waals surface area contributed by atoms with Crippen LogP contribution in [-0.4, -0.2) is 24.2 Å². The van der Waals surface area contributed by atoms with Crippen LogP contribution < -0.4 is 10.3 Å². The van der Waals surface area contributed by atoms with Gasteiger partial charge in [0.25, 0.3) is 5.56 Å². The minimum absolute atomic E-state index is 0.0160. The Hall–Kier alpha value is -3.16. The first-order valence-electron chi connectivity index (χ1n) is 10.2. The normalized spacial score (nSPS) is 10.6. The lowest BCUT2D eigenvalue weighted by Gasteiger charge is -2.17. The summed E-state index contributed by atoms with van der Waals surface area (Å²) in [4.78, 5) is 34.9. The van der Waals surface area contributed by atoms with Crippen molar-refractivity contribution in [2.45, 2.75) is 26.0 Å². The molecule has 3 rings (SSSR count). The Bertz CT molecular complexity index is 1190. The van der Waals surface area contributed by atoms with Crippen molar-refractivity contribution in [2.75, 3.05) is 13.7 Å². The average molecular weight is 489 g/mol. The van der Waals surface area contributed by atoms with Gasteiger partial charge < -0.3 is 14.0 Å². The van der Waals surface area contributed by atoms with Crippen molar-refractivity contribution in [3.05, 3.63) is 102 Å². The molecule has 3 aromatic rings. The van der Waals surface area contributed by atoms with Gasteiger partial charge in [0, 0.05) is 6.54 Å². The molecule has 0 amide bonds. The van der Waals surface area contributed by atoms with Crippen LogP contribution in [0.5, 0.6) is 5.75 Å². The predicted octanol–water partition coefficient (Wildman–Crippen LogP) is 5.07. The van der Waals surface area contributed by atoms with Gasteiger partial charge >= 0.3 is 5.97 Å². The van der Waals surface area contributed by atoms with Crippen LogP contribution in [0.15, 0.2) is 64.6 Å². The van der Waals surface area contributed by atoms with Crippen molar-refractivity contribution in [2.24, 2.45) is 5.18 Å². The van der Waals surface area contributed by atoms with E-state index in [9.17, 15) is 14.5 Å². The Balaban J connectivity index is 1.81. The molecule has 33 heavy (non-hydrogen) atoms. The summed E-state index contributed by atoms with van der Waals surface area (Å²) in [7, 11) is 1.33. The topological polar surface area (TPSA) is 87.0 Å². The zero-order chi connectivity index (χ0) is 23.8. The van der Waals surface area contributed by atoms with Gasteiger partial charge in [-0.2, -0.15) is 4.91 Å². The predicted molar refractivity (Wildman–Crippen MR) is 127 cm³/mol. The number of carbonyl (C=O) groups is 1. The lowest BCUT2D eigenvalue weighted by atomic mass is 10.1. The molecule has 1 heterocycles. The molecule has 0 N–H and O–H groups in total.